The van der Waals surface area contributed by atoms with Crippen molar-refractivity contribution in [1.82, 2.24) is 4.67 Å². The summed E-state index contributed by atoms with van der Waals surface area (Å²) in [7, 11) is 0. The van der Waals surface area contributed by atoms with E-state index in [1.807, 2.05) is 0 Å². The fraction of sp³-hybridized carbons (Fsp3) is 0.462. The second-order valence-electron chi connectivity index (χ2n) is 8.57. The molecule has 2 fully saturated rings. The first kappa shape index (κ1) is 20.9. The Morgan fingerprint density at radius 3 is 1.25 bits per heavy atom. The van der Waals surface area contributed by atoms with E-state index in [1.54, 1.807) is 0 Å². The third-order valence-electron chi connectivity index (χ3n) is 6.83. The molecule has 0 saturated heterocycles. The summed E-state index contributed by atoms with van der Waals surface area (Å²) in [5.41, 5.74) is 3.14. The number of benzene rings is 2. The topological polar surface area (TPSA) is 14.1 Å². The average molecular weight is 394 g/mol. The molecule has 0 aliphatic heterocycles. The summed E-state index contributed by atoms with van der Waals surface area (Å²) >= 11 is 0. The van der Waals surface area contributed by atoms with E-state index in [0.717, 1.165) is 0 Å². The Bertz CT molecular complexity index is 712. The Balaban J connectivity index is 0.00000225. The van der Waals surface area contributed by atoms with E-state index in [1.165, 1.54) is 75.3 Å². The van der Waals surface area contributed by atoms with E-state index < -0.39 is 0 Å². The van der Waals surface area contributed by atoms with Gasteiger partial charge in [-0.25, -0.2) is 0 Å². The molecule has 2 heteroatoms. The minimum Gasteiger partial charge on any atom is -1.00 e. The second-order valence-corrected chi connectivity index (χ2v) is 8.57. The third kappa shape index (κ3) is 4.43. The molecular formula is C26H32ClN. The highest BCUT2D eigenvalue weighted by Crippen LogP contribution is 2.39. The van der Waals surface area contributed by atoms with Crippen LogP contribution in [-0.2, 0) is 10.8 Å². The zero-order valence-electron chi connectivity index (χ0n) is 16.8. The van der Waals surface area contributed by atoms with Crippen LogP contribution in [0.25, 0.3) is 0 Å². The number of halogens is 1. The maximum atomic E-state index is 5.07. The number of rotatable bonds is 4. The predicted octanol–water partition coefficient (Wildman–Crippen LogP) is 3.00. The largest absolute Gasteiger partial charge is 1.00 e. The molecule has 0 heterocycles. The van der Waals surface area contributed by atoms with Gasteiger partial charge in [-0.15, -0.1) is 4.67 Å². The zero-order chi connectivity index (χ0) is 18.4. The molecule has 0 unspecified atom stereocenters. The molecule has 0 radical (unpaired) electrons. The van der Waals surface area contributed by atoms with E-state index in [4.69, 9.17) is 4.67 Å². The van der Waals surface area contributed by atoms with Gasteiger partial charge in [0.2, 0.25) is 0 Å². The summed E-state index contributed by atoms with van der Waals surface area (Å²) in [6.45, 7) is 0. The monoisotopic (exact) mass is 393 g/mol. The van der Waals surface area contributed by atoms with Gasteiger partial charge in [0, 0.05) is 0 Å². The summed E-state index contributed by atoms with van der Waals surface area (Å²) in [5.74, 6) is 0. The van der Waals surface area contributed by atoms with Gasteiger partial charge in [-0.3, -0.25) is 0 Å². The van der Waals surface area contributed by atoms with Crippen molar-refractivity contribution >= 4 is 12.4 Å². The Morgan fingerprint density at radius 1 is 0.536 bits per heavy atom. The lowest BCUT2D eigenvalue weighted by Gasteiger charge is -2.31. The van der Waals surface area contributed by atoms with E-state index in [-0.39, 0.29) is 23.2 Å². The van der Waals surface area contributed by atoms with E-state index >= 15 is 0 Å². The Morgan fingerprint density at radius 2 is 0.893 bits per heavy atom. The van der Waals surface area contributed by atoms with Gasteiger partial charge in [-0.05, 0) is 36.8 Å². The van der Waals surface area contributed by atoms with Gasteiger partial charge in [0.25, 0.3) is 12.4 Å². The number of hydrogen-bond acceptors (Lipinski definition) is 0. The van der Waals surface area contributed by atoms with Gasteiger partial charge < -0.3 is 12.4 Å². The molecule has 148 valence electrons. The van der Waals surface area contributed by atoms with Crippen molar-refractivity contribution in [3.05, 3.63) is 71.8 Å². The van der Waals surface area contributed by atoms with Crippen LogP contribution in [0.15, 0.2) is 60.7 Å². The smallest absolute Gasteiger partial charge is 0.279 e. The molecule has 0 amide bonds. The molecule has 1 nitrogen and oxygen atoms in total. The highest BCUT2D eigenvalue weighted by molar-refractivity contribution is 5.81. The van der Waals surface area contributed by atoms with Crippen LogP contribution in [0.2, 0.25) is 0 Å². The molecule has 4 rings (SSSR count). The lowest BCUT2D eigenvalue weighted by Crippen LogP contribution is -3.00. The van der Waals surface area contributed by atoms with Gasteiger partial charge in [0.15, 0.2) is 0 Å². The van der Waals surface area contributed by atoms with Crippen molar-refractivity contribution in [3.8, 4) is 0 Å². The van der Waals surface area contributed by atoms with Crippen molar-refractivity contribution in [3.63, 3.8) is 0 Å². The Labute approximate surface area is 176 Å². The molecular weight excluding hydrogens is 362 g/mol. The average Bonchev–Trinajstić information content (AvgIpc) is 2.76. The fourth-order valence-corrected chi connectivity index (χ4v) is 5.21. The molecule has 0 spiro atoms. The summed E-state index contributed by atoms with van der Waals surface area (Å²) < 4.78 is 5.07. The lowest BCUT2D eigenvalue weighted by molar-refractivity contribution is -0.00000556. The van der Waals surface area contributed by atoms with Crippen LogP contribution >= 0.6 is 0 Å². The van der Waals surface area contributed by atoms with Crippen molar-refractivity contribution in [1.29, 1.82) is 0 Å². The lowest BCUT2D eigenvalue weighted by atomic mass is 9.69. The Hall–Kier alpha value is -1.82. The first-order valence-corrected chi connectivity index (χ1v) is 10.8. The molecule has 2 aliphatic rings. The highest BCUT2D eigenvalue weighted by atomic mass is 35.5. The van der Waals surface area contributed by atoms with Crippen LogP contribution in [0.5, 0.6) is 0 Å². The van der Waals surface area contributed by atoms with Crippen LogP contribution < -0.4 is 17.1 Å². The number of nitrogens with zero attached hydrogens (tertiary/aromatic N) is 1. The summed E-state index contributed by atoms with van der Waals surface area (Å²) in [4.78, 5) is 0. The van der Waals surface area contributed by atoms with Gasteiger partial charge in [-0.1, -0.05) is 99.2 Å². The van der Waals surface area contributed by atoms with Crippen molar-refractivity contribution in [2.45, 2.75) is 75.0 Å². The maximum Gasteiger partial charge on any atom is 0.279 e. The van der Waals surface area contributed by atoms with Crippen LogP contribution in [0, 0.1) is 0 Å². The molecule has 0 bridgehead atoms. The summed E-state index contributed by atoms with van der Waals surface area (Å²) in [6.07, 6.45) is 17.5. The van der Waals surface area contributed by atoms with Gasteiger partial charge in [-0.2, -0.15) is 0 Å². The van der Waals surface area contributed by atoms with Gasteiger partial charge >= 0.3 is 0 Å². The maximum absolute atomic E-state index is 5.07. The molecule has 2 aliphatic carbocycles. The molecule has 2 saturated carbocycles. The Kier molecular flexibility index (Phi) is 7.16. The first-order valence-electron chi connectivity index (χ1n) is 10.8. The normalized spacial score (nSPS) is 20.3. The van der Waals surface area contributed by atoms with Crippen molar-refractivity contribution in [2.75, 3.05) is 0 Å². The van der Waals surface area contributed by atoms with Crippen LogP contribution in [0.4, 0.5) is 0 Å². The van der Waals surface area contributed by atoms with Crippen molar-refractivity contribution < 1.29 is 12.4 Å². The van der Waals surface area contributed by atoms with Gasteiger partial charge in [0.1, 0.15) is 0 Å². The SMILES string of the molecule is C(=[N+]=CC1(c2ccccc2)CCCCC1)C1(c2ccccc2)CCCCC1.[Cl-]. The van der Waals surface area contributed by atoms with Crippen LogP contribution in [-0.4, -0.2) is 12.4 Å². The van der Waals surface area contributed by atoms with Crippen LogP contribution in [0.3, 0.4) is 0 Å². The molecule has 0 aromatic heterocycles. The van der Waals surface area contributed by atoms with E-state index in [2.05, 4.69) is 73.1 Å². The van der Waals surface area contributed by atoms with Crippen molar-refractivity contribution in [2.24, 2.45) is 0 Å². The van der Waals surface area contributed by atoms with E-state index in [0.29, 0.717) is 0 Å². The van der Waals surface area contributed by atoms with Crippen LogP contribution in [0.1, 0.15) is 75.3 Å². The molecule has 0 N–H and O–H groups in total. The zero-order valence-corrected chi connectivity index (χ0v) is 17.6. The third-order valence-corrected chi connectivity index (χ3v) is 6.83. The standard InChI is InChI=1S/C26H32N.ClH/c1-5-13-23(14-6-1)25(17-9-3-10-18-25)21-27-22-26(19-11-4-12-20-26)24-15-7-2-8-16-24;/h1-2,5-8,13-16,21-22H,3-4,9-12,17-20H2;1H/q+1;/p-1. The summed E-state index contributed by atoms with van der Waals surface area (Å²) in [6, 6.07) is 22.1. The first-order chi connectivity index (χ1) is 13.3. The highest BCUT2D eigenvalue weighted by Gasteiger charge is 2.39. The van der Waals surface area contributed by atoms with Gasteiger partial charge in [0.05, 0.1) is 10.8 Å². The van der Waals surface area contributed by atoms with E-state index in [9.17, 15) is 0 Å². The minimum atomic E-state index is 0. The quantitative estimate of drug-likeness (QED) is 0.560. The minimum absolute atomic E-state index is 0. The summed E-state index contributed by atoms with van der Waals surface area (Å²) in [5, 5.41) is 0. The second kappa shape index (κ2) is 9.59. The number of hydrogen-bond donors (Lipinski definition) is 0. The molecule has 0 atom stereocenters. The molecule has 28 heavy (non-hydrogen) atoms. The predicted molar refractivity (Wildman–Crippen MR) is 117 cm³/mol. The fourth-order valence-electron chi connectivity index (χ4n) is 5.21. The molecule has 2 aromatic carbocycles. The molecule has 2 aromatic rings.